The van der Waals surface area contributed by atoms with E-state index in [0.29, 0.717) is 27.9 Å². The summed E-state index contributed by atoms with van der Waals surface area (Å²) in [6, 6.07) is 31.6. The molecule has 18 nitrogen and oxygen atoms in total. The van der Waals surface area contributed by atoms with Crippen LogP contribution in [-0.4, -0.2) is 110 Å². The SMILES string of the molecule is CC(=O)Nc1cc(COC2OC(COC(=O)C(c3ccccc3)c3ccccc3)C(OC3OC4COC(c5ccccc5)OC4C(OC(C)=O)C3OC(C)=O)C(OC(C)=O)C2OC(C)=O)ccc1Cl. The third-order valence-electron chi connectivity index (χ3n) is 11.1. The van der Waals surface area contributed by atoms with Crippen LogP contribution in [0.25, 0.3) is 0 Å². The van der Waals surface area contributed by atoms with Gasteiger partial charge in [0.2, 0.25) is 5.91 Å². The molecule has 19 heteroatoms. The van der Waals surface area contributed by atoms with E-state index in [2.05, 4.69) is 5.32 Å². The number of halogens is 1. The number of ether oxygens (including phenoxy) is 11. The van der Waals surface area contributed by atoms with Gasteiger partial charge in [0.15, 0.2) is 43.3 Å². The summed E-state index contributed by atoms with van der Waals surface area (Å²) in [6.45, 7) is 4.91. The smallest absolute Gasteiger partial charge is 0.318 e. The molecule has 3 aliphatic rings. The average molecular weight is 974 g/mol. The van der Waals surface area contributed by atoms with Crippen LogP contribution in [0.15, 0.2) is 109 Å². The second-order valence-electron chi connectivity index (χ2n) is 16.4. The topological polar surface area (TPSA) is 216 Å². The van der Waals surface area contributed by atoms with Crippen molar-refractivity contribution in [1.82, 2.24) is 0 Å². The summed E-state index contributed by atoms with van der Waals surface area (Å²) >= 11 is 6.34. The van der Waals surface area contributed by atoms with Crippen molar-refractivity contribution in [3.05, 3.63) is 136 Å². The van der Waals surface area contributed by atoms with Gasteiger partial charge in [0.25, 0.3) is 0 Å². The predicted octanol–water partition coefficient (Wildman–Crippen LogP) is 5.87. The van der Waals surface area contributed by atoms with Gasteiger partial charge in [0.05, 0.1) is 23.9 Å². The van der Waals surface area contributed by atoms with Crippen LogP contribution in [-0.2, 0) is 87.5 Å². The lowest BCUT2D eigenvalue weighted by Crippen LogP contribution is -2.67. The molecule has 11 unspecified atom stereocenters. The molecule has 0 aromatic heterocycles. The summed E-state index contributed by atoms with van der Waals surface area (Å²) in [6.07, 6.45) is -15.3. The molecule has 0 radical (unpaired) electrons. The Hall–Kier alpha value is -6.25. The van der Waals surface area contributed by atoms with Crippen LogP contribution in [0.5, 0.6) is 0 Å². The number of esters is 5. The number of anilines is 1. The molecule has 7 rings (SSSR count). The second kappa shape index (κ2) is 23.4. The van der Waals surface area contributed by atoms with E-state index >= 15 is 0 Å². The van der Waals surface area contributed by atoms with Crippen molar-refractivity contribution in [1.29, 1.82) is 0 Å². The van der Waals surface area contributed by atoms with Gasteiger partial charge in [0.1, 0.15) is 36.9 Å². The Morgan fingerprint density at radius 3 is 1.77 bits per heavy atom. The molecule has 3 aliphatic heterocycles. The van der Waals surface area contributed by atoms with Gasteiger partial charge in [0, 0.05) is 40.2 Å². The highest BCUT2D eigenvalue weighted by Gasteiger charge is 2.58. The van der Waals surface area contributed by atoms with E-state index < -0.39 is 110 Å². The summed E-state index contributed by atoms with van der Waals surface area (Å²) in [5.41, 5.74) is 2.69. The van der Waals surface area contributed by atoms with Gasteiger partial charge in [-0.1, -0.05) is 109 Å². The highest BCUT2D eigenvalue weighted by atomic mass is 35.5. The van der Waals surface area contributed by atoms with Crippen molar-refractivity contribution in [3.63, 3.8) is 0 Å². The molecule has 1 N–H and O–H groups in total. The molecule has 4 aromatic carbocycles. The van der Waals surface area contributed by atoms with Crippen LogP contribution < -0.4 is 5.32 Å². The lowest BCUT2D eigenvalue weighted by Gasteiger charge is -2.50. The Balaban J connectivity index is 1.26. The third-order valence-corrected chi connectivity index (χ3v) is 11.4. The van der Waals surface area contributed by atoms with Gasteiger partial charge in [-0.25, -0.2) is 0 Å². The molecular formula is C50H52ClNO17. The molecule has 0 bridgehead atoms. The van der Waals surface area contributed by atoms with Gasteiger partial charge < -0.3 is 57.4 Å². The number of amides is 1. The number of carbonyl (C=O) groups is 6. The number of benzene rings is 4. The van der Waals surface area contributed by atoms with Crippen molar-refractivity contribution in [2.75, 3.05) is 18.5 Å². The Bertz CT molecular complexity index is 2390. The second-order valence-corrected chi connectivity index (χ2v) is 16.8. The van der Waals surface area contributed by atoms with Crippen LogP contribution in [0.1, 0.15) is 69.1 Å². The lowest BCUT2D eigenvalue weighted by molar-refractivity contribution is -0.386. The van der Waals surface area contributed by atoms with Crippen molar-refractivity contribution in [2.24, 2.45) is 0 Å². The first-order chi connectivity index (χ1) is 33.1. The maximum atomic E-state index is 14.4. The zero-order chi connectivity index (χ0) is 49.2. The zero-order valence-corrected chi connectivity index (χ0v) is 39.0. The minimum atomic E-state index is -1.66. The minimum Gasteiger partial charge on any atom is -0.462 e. The van der Waals surface area contributed by atoms with E-state index in [0.717, 1.165) is 20.8 Å². The van der Waals surface area contributed by atoms with Crippen LogP contribution in [0.4, 0.5) is 5.69 Å². The van der Waals surface area contributed by atoms with E-state index in [9.17, 15) is 28.8 Å². The highest BCUT2D eigenvalue weighted by Crippen LogP contribution is 2.40. The Labute approximate surface area is 402 Å². The largest absolute Gasteiger partial charge is 0.462 e. The fraction of sp³-hybridized carbons (Fsp3) is 0.400. The number of nitrogens with one attached hydrogen (secondary N) is 1. The summed E-state index contributed by atoms with van der Waals surface area (Å²) in [4.78, 5) is 78.0. The summed E-state index contributed by atoms with van der Waals surface area (Å²) in [5, 5.41) is 2.90. The first-order valence-corrected chi connectivity index (χ1v) is 22.4. The molecule has 3 fully saturated rings. The Morgan fingerprint density at radius 2 is 1.19 bits per heavy atom. The fourth-order valence-corrected chi connectivity index (χ4v) is 8.48. The number of hydrogen-bond acceptors (Lipinski definition) is 17. The molecular weight excluding hydrogens is 922 g/mol. The van der Waals surface area contributed by atoms with Crippen LogP contribution in [0.2, 0.25) is 5.02 Å². The van der Waals surface area contributed by atoms with Crippen molar-refractivity contribution < 1.29 is 80.9 Å². The summed E-state index contributed by atoms with van der Waals surface area (Å²) in [7, 11) is 0. The van der Waals surface area contributed by atoms with Crippen molar-refractivity contribution in [3.8, 4) is 0 Å². The standard InChI is InChI=1S/C50H52ClNO17/c1-27(53)52-37-23-32(21-22-36(37)51)24-60-49-45(64-30(4)56)43(62-28(2)54)42(38(66-49)25-59-47(58)40(33-15-9-6-10-16-33)34-17-11-7-12-18-34)69-50-46(65-31(5)57)44(63-29(3)55)41-39(67-50)26-61-48(68-41)35-19-13-8-14-20-35/h6-23,38-46,48-50H,24-26H2,1-5H3,(H,52,53). The maximum Gasteiger partial charge on any atom is 0.318 e. The van der Waals surface area contributed by atoms with Crippen LogP contribution in [0.3, 0.4) is 0 Å². The number of rotatable bonds is 16. The molecule has 11 atom stereocenters. The molecule has 3 saturated heterocycles. The van der Waals surface area contributed by atoms with Gasteiger partial charge in [-0.15, -0.1) is 0 Å². The summed E-state index contributed by atoms with van der Waals surface area (Å²) < 4.78 is 67.8. The van der Waals surface area contributed by atoms with E-state index in [1.807, 2.05) is 18.2 Å². The van der Waals surface area contributed by atoms with Crippen molar-refractivity contribution in [2.45, 2.75) is 115 Å². The maximum absolute atomic E-state index is 14.4. The monoisotopic (exact) mass is 973 g/mol. The summed E-state index contributed by atoms with van der Waals surface area (Å²) in [5.74, 6) is -5.23. The highest BCUT2D eigenvalue weighted by molar-refractivity contribution is 6.33. The van der Waals surface area contributed by atoms with E-state index in [-0.39, 0.29) is 24.1 Å². The minimum absolute atomic E-state index is 0.120. The van der Waals surface area contributed by atoms with Crippen LogP contribution >= 0.6 is 11.6 Å². The van der Waals surface area contributed by atoms with Gasteiger partial charge in [-0.3, -0.25) is 28.8 Å². The molecule has 0 aliphatic carbocycles. The molecule has 4 aromatic rings. The van der Waals surface area contributed by atoms with E-state index in [1.54, 1.807) is 91.0 Å². The molecule has 366 valence electrons. The molecule has 0 saturated carbocycles. The first kappa shape index (κ1) is 50.6. The average Bonchev–Trinajstić information content (AvgIpc) is 3.31. The van der Waals surface area contributed by atoms with Crippen molar-refractivity contribution >= 4 is 53.0 Å². The van der Waals surface area contributed by atoms with E-state index in [1.165, 1.54) is 13.8 Å². The Kier molecular flexibility index (Phi) is 17.1. The lowest BCUT2D eigenvalue weighted by atomic mass is 9.91. The Morgan fingerprint density at radius 1 is 0.638 bits per heavy atom. The number of fused-ring (bicyclic) bond motifs is 1. The fourth-order valence-electron chi connectivity index (χ4n) is 8.32. The molecule has 69 heavy (non-hydrogen) atoms. The molecule has 1 amide bonds. The van der Waals surface area contributed by atoms with E-state index in [4.69, 9.17) is 63.7 Å². The van der Waals surface area contributed by atoms with Gasteiger partial charge >= 0.3 is 29.8 Å². The number of hydrogen-bond donors (Lipinski definition) is 1. The molecule has 0 spiro atoms. The van der Waals surface area contributed by atoms with Gasteiger partial charge in [-0.05, 0) is 28.8 Å². The first-order valence-electron chi connectivity index (χ1n) is 22.1. The third kappa shape index (κ3) is 13.1. The number of carbonyl (C=O) groups excluding carboxylic acids is 6. The predicted molar refractivity (Wildman–Crippen MR) is 241 cm³/mol. The van der Waals surface area contributed by atoms with Crippen LogP contribution in [0, 0.1) is 0 Å². The zero-order valence-electron chi connectivity index (χ0n) is 38.3. The normalized spacial score (nSPS) is 26.4. The van der Waals surface area contributed by atoms with Gasteiger partial charge in [-0.2, -0.15) is 0 Å². The molecule has 3 heterocycles. The quantitative estimate of drug-likeness (QED) is 0.103.